The van der Waals surface area contributed by atoms with E-state index in [0.717, 1.165) is 17.8 Å². The van der Waals surface area contributed by atoms with Crippen LogP contribution in [-0.4, -0.2) is 22.0 Å². The maximum Gasteiger partial charge on any atom is 0.141 e. The molecule has 1 atom stereocenters. The highest BCUT2D eigenvalue weighted by Gasteiger charge is 2.17. The van der Waals surface area contributed by atoms with Crippen molar-refractivity contribution in [1.29, 1.82) is 0 Å². The van der Waals surface area contributed by atoms with Gasteiger partial charge in [0.1, 0.15) is 5.82 Å². The zero-order chi connectivity index (χ0) is 13.1. The molecule has 0 fully saturated rings. The molecule has 0 bridgehead atoms. The van der Waals surface area contributed by atoms with E-state index >= 15 is 0 Å². The van der Waals surface area contributed by atoms with Crippen molar-refractivity contribution in [2.24, 2.45) is 0 Å². The topological polar surface area (TPSA) is 42.7 Å². The first-order valence-corrected chi connectivity index (χ1v) is 6.05. The van der Waals surface area contributed by atoms with Crippen molar-refractivity contribution >= 4 is 11.6 Å². The van der Waals surface area contributed by atoms with Gasteiger partial charge in [0.15, 0.2) is 0 Å². The summed E-state index contributed by atoms with van der Waals surface area (Å²) >= 11 is 5.81. The van der Waals surface area contributed by atoms with Crippen LogP contribution >= 0.6 is 11.6 Å². The molecule has 6 heteroatoms. The molecule has 0 aliphatic rings. The minimum absolute atomic E-state index is 0.113. The average molecular weight is 269 g/mol. The Kier molecular flexibility index (Phi) is 3.93. The van der Waals surface area contributed by atoms with Crippen LogP contribution in [0.2, 0.25) is 5.02 Å². The summed E-state index contributed by atoms with van der Waals surface area (Å²) in [6, 6.07) is 4.57. The third-order valence-corrected chi connectivity index (χ3v) is 3.10. The molecule has 1 aromatic carbocycles. The van der Waals surface area contributed by atoms with Crippen LogP contribution in [0.5, 0.6) is 0 Å². The number of aromatic nitrogens is 3. The quantitative estimate of drug-likeness (QED) is 0.926. The number of aryl methyl sites for hydroxylation is 1. The Balaban J connectivity index is 2.42. The lowest BCUT2D eigenvalue weighted by atomic mass is 10.0. The number of rotatable bonds is 4. The average Bonchev–Trinajstić information content (AvgIpc) is 2.83. The van der Waals surface area contributed by atoms with Crippen molar-refractivity contribution in [3.05, 3.63) is 46.5 Å². The summed E-state index contributed by atoms with van der Waals surface area (Å²) in [5, 5.41) is 11.2. The first kappa shape index (κ1) is 13.0. The van der Waals surface area contributed by atoms with Crippen molar-refractivity contribution in [2.75, 3.05) is 7.05 Å². The van der Waals surface area contributed by atoms with Gasteiger partial charge in [-0.15, -0.1) is 5.10 Å². The van der Waals surface area contributed by atoms with Crippen LogP contribution in [-0.2, 0) is 6.54 Å². The third kappa shape index (κ3) is 2.37. The molecule has 2 rings (SSSR count). The molecule has 1 N–H and O–H groups in total. The van der Waals surface area contributed by atoms with E-state index in [1.165, 1.54) is 6.07 Å². The highest BCUT2D eigenvalue weighted by Crippen LogP contribution is 2.25. The minimum Gasteiger partial charge on any atom is -0.308 e. The summed E-state index contributed by atoms with van der Waals surface area (Å²) in [7, 11) is 1.83. The second-order valence-electron chi connectivity index (χ2n) is 3.87. The summed E-state index contributed by atoms with van der Waals surface area (Å²) in [4.78, 5) is 0. The normalized spacial score (nSPS) is 12.7. The zero-order valence-corrected chi connectivity index (χ0v) is 10.9. The van der Waals surface area contributed by atoms with Gasteiger partial charge < -0.3 is 5.32 Å². The van der Waals surface area contributed by atoms with Gasteiger partial charge in [-0.1, -0.05) is 22.9 Å². The fraction of sp³-hybridized carbons (Fsp3) is 0.333. The smallest absolute Gasteiger partial charge is 0.141 e. The first-order valence-electron chi connectivity index (χ1n) is 5.68. The molecule has 0 saturated heterocycles. The monoisotopic (exact) mass is 268 g/mol. The Labute approximate surface area is 110 Å². The molecule has 1 aromatic heterocycles. The van der Waals surface area contributed by atoms with Crippen molar-refractivity contribution in [1.82, 2.24) is 20.3 Å². The lowest BCUT2D eigenvalue weighted by Gasteiger charge is -2.17. The van der Waals surface area contributed by atoms with E-state index in [-0.39, 0.29) is 11.1 Å². The Morgan fingerprint density at radius 2 is 2.28 bits per heavy atom. The van der Waals surface area contributed by atoms with Crippen LogP contribution in [0.4, 0.5) is 4.39 Å². The lowest BCUT2D eigenvalue weighted by Crippen LogP contribution is -2.21. The SMILES string of the molecule is CCn1nncc1C(NC)c1ccc(F)c(Cl)c1. The van der Waals surface area contributed by atoms with Crippen LogP contribution in [0.1, 0.15) is 24.2 Å². The van der Waals surface area contributed by atoms with Gasteiger partial charge in [-0.25, -0.2) is 9.07 Å². The largest absolute Gasteiger partial charge is 0.308 e. The number of halogens is 2. The summed E-state index contributed by atoms with van der Waals surface area (Å²) in [5.74, 6) is -0.419. The molecule has 1 heterocycles. The maximum absolute atomic E-state index is 13.2. The van der Waals surface area contributed by atoms with Crippen molar-refractivity contribution in [3.63, 3.8) is 0 Å². The molecular formula is C12H14ClFN4. The van der Waals surface area contributed by atoms with E-state index in [1.54, 1.807) is 23.0 Å². The molecule has 4 nitrogen and oxygen atoms in total. The Hall–Kier alpha value is -1.46. The predicted molar refractivity (Wildman–Crippen MR) is 68.0 cm³/mol. The summed E-state index contributed by atoms with van der Waals surface area (Å²) in [5.41, 5.74) is 1.79. The van der Waals surface area contributed by atoms with Crippen LogP contribution < -0.4 is 5.32 Å². The highest BCUT2D eigenvalue weighted by molar-refractivity contribution is 6.30. The lowest BCUT2D eigenvalue weighted by molar-refractivity contribution is 0.551. The Morgan fingerprint density at radius 3 is 2.89 bits per heavy atom. The van der Waals surface area contributed by atoms with Crippen molar-refractivity contribution in [3.8, 4) is 0 Å². The summed E-state index contributed by atoms with van der Waals surface area (Å²) < 4.78 is 15.0. The fourth-order valence-corrected chi connectivity index (χ4v) is 2.10. The summed E-state index contributed by atoms with van der Waals surface area (Å²) in [6.45, 7) is 2.71. The van der Waals surface area contributed by atoms with Crippen LogP contribution in [0, 0.1) is 5.82 Å². The van der Waals surface area contributed by atoms with E-state index < -0.39 is 5.82 Å². The van der Waals surface area contributed by atoms with Crippen molar-refractivity contribution in [2.45, 2.75) is 19.5 Å². The molecule has 18 heavy (non-hydrogen) atoms. The van der Waals surface area contributed by atoms with Gasteiger partial charge in [0, 0.05) is 6.54 Å². The number of nitrogens with zero attached hydrogens (tertiary/aromatic N) is 3. The predicted octanol–water partition coefficient (Wildman–Crippen LogP) is 2.40. The van der Waals surface area contributed by atoms with Gasteiger partial charge in [0.2, 0.25) is 0 Å². The minimum atomic E-state index is -0.419. The molecule has 0 radical (unpaired) electrons. The molecule has 0 amide bonds. The maximum atomic E-state index is 13.2. The summed E-state index contributed by atoms with van der Waals surface area (Å²) in [6.07, 6.45) is 1.70. The van der Waals surface area contributed by atoms with Crippen LogP contribution in [0.25, 0.3) is 0 Å². The molecule has 1 unspecified atom stereocenters. The number of nitrogens with one attached hydrogen (secondary N) is 1. The number of benzene rings is 1. The number of hydrogen-bond donors (Lipinski definition) is 1. The highest BCUT2D eigenvalue weighted by atomic mass is 35.5. The molecule has 2 aromatic rings. The van der Waals surface area contributed by atoms with E-state index in [1.807, 2.05) is 14.0 Å². The van der Waals surface area contributed by atoms with Crippen LogP contribution in [0.15, 0.2) is 24.4 Å². The Morgan fingerprint density at radius 1 is 1.50 bits per heavy atom. The molecule has 0 aliphatic carbocycles. The molecular weight excluding hydrogens is 255 g/mol. The van der Waals surface area contributed by atoms with E-state index in [0.29, 0.717) is 0 Å². The number of hydrogen-bond acceptors (Lipinski definition) is 3. The van der Waals surface area contributed by atoms with Gasteiger partial charge in [0.05, 0.1) is 23.0 Å². The van der Waals surface area contributed by atoms with Gasteiger partial charge in [0.25, 0.3) is 0 Å². The molecule has 96 valence electrons. The fourth-order valence-electron chi connectivity index (χ4n) is 1.91. The van der Waals surface area contributed by atoms with Gasteiger partial charge >= 0.3 is 0 Å². The van der Waals surface area contributed by atoms with Crippen molar-refractivity contribution < 1.29 is 4.39 Å². The Bertz CT molecular complexity index is 541. The standard InChI is InChI=1S/C12H14ClFN4/c1-3-18-11(7-16-17-18)12(15-2)8-4-5-10(14)9(13)6-8/h4-7,12,15H,3H2,1-2H3. The van der Waals surface area contributed by atoms with Gasteiger partial charge in [-0.3, -0.25) is 0 Å². The third-order valence-electron chi connectivity index (χ3n) is 2.81. The second kappa shape index (κ2) is 5.46. The molecule has 0 spiro atoms. The van der Waals surface area contributed by atoms with E-state index in [4.69, 9.17) is 11.6 Å². The molecule has 0 saturated carbocycles. The van der Waals surface area contributed by atoms with Gasteiger partial charge in [-0.2, -0.15) is 0 Å². The van der Waals surface area contributed by atoms with E-state index in [9.17, 15) is 4.39 Å². The molecule has 0 aliphatic heterocycles. The second-order valence-corrected chi connectivity index (χ2v) is 4.28. The first-order chi connectivity index (χ1) is 8.67. The zero-order valence-electron chi connectivity index (χ0n) is 10.2. The van der Waals surface area contributed by atoms with Crippen LogP contribution in [0.3, 0.4) is 0 Å². The van der Waals surface area contributed by atoms with E-state index in [2.05, 4.69) is 15.6 Å². The van der Waals surface area contributed by atoms with Gasteiger partial charge in [-0.05, 0) is 31.7 Å².